The van der Waals surface area contributed by atoms with Crippen LogP contribution in [-0.2, 0) is 10.9 Å². The summed E-state index contributed by atoms with van der Waals surface area (Å²) in [6.07, 6.45) is 0. The predicted octanol–water partition coefficient (Wildman–Crippen LogP) is 7.80. The lowest BCUT2D eigenvalue weighted by atomic mass is 9.77. The quantitative estimate of drug-likeness (QED) is 0.147. The Balaban J connectivity index is 1.68. The summed E-state index contributed by atoms with van der Waals surface area (Å²) in [7, 11) is 0. The lowest BCUT2D eigenvalue weighted by Gasteiger charge is -2.36. The first-order valence-electron chi connectivity index (χ1n) is 12.0. The van der Waals surface area contributed by atoms with E-state index in [-0.39, 0.29) is 0 Å². The molecule has 0 saturated heterocycles. The highest BCUT2D eigenvalue weighted by atomic mass is 79.9. The second kappa shape index (κ2) is 10.2. The largest absolute Gasteiger partial charge is 0.205 e. The van der Waals surface area contributed by atoms with E-state index in [9.17, 15) is 0 Å². The summed E-state index contributed by atoms with van der Waals surface area (Å²) >= 11 is 5.37. The Morgan fingerprint density at radius 1 is 0.622 bits per heavy atom. The van der Waals surface area contributed by atoms with E-state index in [1.165, 1.54) is 9.75 Å². The highest BCUT2D eigenvalue weighted by Crippen LogP contribution is 2.44. The fraction of sp³-hybridized carbons (Fsp3) is 0.0645. The minimum absolute atomic E-state index is 0.709. The van der Waals surface area contributed by atoms with Gasteiger partial charge in [-0.15, -0.1) is 16.4 Å². The van der Waals surface area contributed by atoms with Gasteiger partial charge in [-0.25, -0.2) is 4.68 Å². The first kappa shape index (κ1) is 23.5. The number of hydrogen-bond acceptors (Lipinski definition) is 4. The molecule has 0 N–H and O–H groups in total. The van der Waals surface area contributed by atoms with E-state index >= 15 is 0 Å². The van der Waals surface area contributed by atoms with Crippen molar-refractivity contribution in [3.63, 3.8) is 0 Å². The lowest BCUT2D eigenvalue weighted by molar-refractivity contribution is 0.451. The Hall–Kier alpha value is -3.87. The van der Waals surface area contributed by atoms with Gasteiger partial charge >= 0.3 is 0 Å². The van der Waals surface area contributed by atoms with Gasteiger partial charge in [0.2, 0.25) is 0 Å². The van der Waals surface area contributed by atoms with E-state index in [0.29, 0.717) is 5.82 Å². The van der Waals surface area contributed by atoms with Crippen molar-refractivity contribution in [1.82, 2.24) is 20.2 Å². The SMILES string of the molecule is BrCc1ccc(-c2ccccc2-c2nnnn2C(c2ccccc2)(c2ccccc2)c2ccccc2)s1. The van der Waals surface area contributed by atoms with Gasteiger partial charge in [0.15, 0.2) is 5.82 Å². The highest BCUT2D eigenvalue weighted by Gasteiger charge is 2.42. The number of halogens is 1. The fourth-order valence-corrected chi connectivity index (χ4v) is 6.40. The molecule has 0 amide bonds. The zero-order valence-electron chi connectivity index (χ0n) is 19.9. The van der Waals surface area contributed by atoms with Crippen LogP contribution >= 0.6 is 27.3 Å². The maximum Gasteiger partial charge on any atom is 0.184 e. The van der Waals surface area contributed by atoms with E-state index < -0.39 is 5.54 Å². The van der Waals surface area contributed by atoms with Crippen molar-refractivity contribution in [2.45, 2.75) is 10.9 Å². The van der Waals surface area contributed by atoms with Crippen molar-refractivity contribution in [1.29, 1.82) is 0 Å². The number of aromatic nitrogens is 4. The molecule has 0 aliphatic rings. The molecule has 0 fully saturated rings. The van der Waals surface area contributed by atoms with Gasteiger partial charge in [0.1, 0.15) is 5.54 Å². The number of tetrazole rings is 1. The van der Waals surface area contributed by atoms with Crippen LogP contribution < -0.4 is 0 Å². The zero-order chi connectivity index (χ0) is 25.1. The van der Waals surface area contributed by atoms with E-state index in [1.54, 1.807) is 11.3 Å². The van der Waals surface area contributed by atoms with Crippen LogP contribution in [0.2, 0.25) is 0 Å². The summed E-state index contributed by atoms with van der Waals surface area (Å²) in [5, 5.41) is 14.4. The van der Waals surface area contributed by atoms with E-state index in [1.807, 2.05) is 28.9 Å². The van der Waals surface area contributed by atoms with Gasteiger partial charge in [0.25, 0.3) is 0 Å². The van der Waals surface area contributed by atoms with Crippen LogP contribution in [0.1, 0.15) is 21.6 Å². The molecule has 2 heterocycles. The molecule has 4 aromatic carbocycles. The molecule has 0 aliphatic heterocycles. The van der Waals surface area contributed by atoms with Crippen molar-refractivity contribution in [2.75, 3.05) is 0 Å². The number of hydrogen-bond donors (Lipinski definition) is 0. The molecular formula is C31H23BrN4S. The average Bonchev–Trinajstić information content (AvgIpc) is 3.66. The van der Waals surface area contributed by atoms with Crippen LogP contribution in [0.3, 0.4) is 0 Å². The van der Waals surface area contributed by atoms with Crippen molar-refractivity contribution >= 4 is 27.3 Å². The summed E-state index contributed by atoms with van der Waals surface area (Å²) < 4.78 is 1.99. The zero-order valence-corrected chi connectivity index (χ0v) is 22.3. The van der Waals surface area contributed by atoms with E-state index in [4.69, 9.17) is 5.21 Å². The molecule has 0 spiro atoms. The molecule has 0 saturated carbocycles. The van der Waals surface area contributed by atoms with Gasteiger partial charge in [-0.1, -0.05) is 131 Å². The second-order valence-corrected chi connectivity index (χ2v) is 10.4. The molecule has 0 aliphatic carbocycles. The first-order valence-corrected chi connectivity index (χ1v) is 14.0. The van der Waals surface area contributed by atoms with Gasteiger partial charge in [0, 0.05) is 26.2 Å². The lowest BCUT2D eigenvalue weighted by Crippen LogP contribution is -2.39. The second-order valence-electron chi connectivity index (χ2n) is 8.67. The molecule has 0 atom stereocenters. The summed E-state index contributed by atoms with van der Waals surface area (Å²) in [5.41, 5.74) is 4.55. The molecule has 37 heavy (non-hydrogen) atoms. The Bertz CT molecular complexity index is 1510. The van der Waals surface area contributed by atoms with Gasteiger partial charge in [-0.05, 0) is 39.2 Å². The topological polar surface area (TPSA) is 43.6 Å². The maximum atomic E-state index is 4.70. The van der Waals surface area contributed by atoms with E-state index in [2.05, 4.69) is 129 Å². The third kappa shape index (κ3) is 4.12. The number of nitrogens with zero attached hydrogens (tertiary/aromatic N) is 4. The van der Waals surface area contributed by atoms with Crippen LogP contribution in [0, 0.1) is 0 Å². The van der Waals surface area contributed by atoms with Gasteiger partial charge in [-0.3, -0.25) is 0 Å². The van der Waals surface area contributed by atoms with Crippen molar-refractivity contribution in [3.05, 3.63) is 149 Å². The minimum Gasteiger partial charge on any atom is -0.205 e. The third-order valence-corrected chi connectivity index (χ3v) is 8.68. The van der Waals surface area contributed by atoms with Crippen LogP contribution in [0.15, 0.2) is 127 Å². The fourth-order valence-electron chi connectivity index (χ4n) is 4.97. The number of thiophene rings is 1. The highest BCUT2D eigenvalue weighted by molar-refractivity contribution is 9.08. The van der Waals surface area contributed by atoms with Gasteiger partial charge in [-0.2, -0.15) is 0 Å². The molecule has 180 valence electrons. The van der Waals surface area contributed by atoms with Gasteiger partial charge in [0.05, 0.1) is 0 Å². The van der Waals surface area contributed by atoms with Gasteiger partial charge < -0.3 is 0 Å². The summed E-state index contributed by atoms with van der Waals surface area (Å²) in [4.78, 5) is 2.46. The maximum absolute atomic E-state index is 4.70. The molecule has 2 aromatic heterocycles. The molecule has 0 radical (unpaired) electrons. The van der Waals surface area contributed by atoms with Crippen molar-refractivity contribution in [2.24, 2.45) is 0 Å². The summed E-state index contributed by atoms with van der Waals surface area (Å²) in [5.74, 6) is 0.709. The minimum atomic E-state index is -0.786. The Morgan fingerprint density at radius 3 is 1.65 bits per heavy atom. The Morgan fingerprint density at radius 2 is 1.14 bits per heavy atom. The monoisotopic (exact) mass is 562 g/mol. The van der Waals surface area contributed by atoms with Crippen LogP contribution in [0.5, 0.6) is 0 Å². The number of benzene rings is 4. The van der Waals surface area contributed by atoms with Crippen LogP contribution in [-0.4, -0.2) is 20.2 Å². The normalized spacial score (nSPS) is 11.5. The third-order valence-electron chi connectivity index (χ3n) is 6.59. The molecular weight excluding hydrogens is 540 g/mol. The molecule has 0 unspecified atom stereocenters. The van der Waals surface area contributed by atoms with Crippen LogP contribution in [0.4, 0.5) is 0 Å². The van der Waals surface area contributed by atoms with Crippen molar-refractivity contribution in [3.8, 4) is 21.8 Å². The Labute approximate surface area is 228 Å². The average molecular weight is 564 g/mol. The first-order chi connectivity index (χ1) is 18.3. The predicted molar refractivity (Wildman–Crippen MR) is 154 cm³/mol. The molecule has 6 heteroatoms. The smallest absolute Gasteiger partial charge is 0.184 e. The Kier molecular flexibility index (Phi) is 6.51. The number of rotatable bonds is 7. The molecule has 6 rings (SSSR count). The standard InChI is InChI=1S/C31H23BrN4S/c32-22-26-20-21-29(37-26)27-18-10-11-19-28(27)30-33-34-35-36(30)31(23-12-4-1-5-13-23,24-14-6-2-7-15-24)25-16-8-3-9-17-25/h1-21H,22H2. The summed E-state index contributed by atoms with van der Waals surface area (Å²) in [6, 6.07) is 44.2. The number of alkyl halides is 1. The molecule has 6 aromatic rings. The van der Waals surface area contributed by atoms with Crippen LogP contribution in [0.25, 0.3) is 21.8 Å². The van der Waals surface area contributed by atoms with Crippen molar-refractivity contribution < 1.29 is 0 Å². The summed E-state index contributed by atoms with van der Waals surface area (Å²) in [6.45, 7) is 0. The molecule has 0 bridgehead atoms. The molecule has 4 nitrogen and oxygen atoms in total. The van der Waals surface area contributed by atoms with E-state index in [0.717, 1.165) is 33.1 Å².